The summed E-state index contributed by atoms with van der Waals surface area (Å²) in [5.41, 5.74) is 4.74. The lowest BCUT2D eigenvalue weighted by Gasteiger charge is -2.27. The van der Waals surface area contributed by atoms with Crippen molar-refractivity contribution < 1.29 is 9.21 Å². The first-order valence-electron chi connectivity index (χ1n) is 10.7. The maximum Gasteiger partial charge on any atom is 0.256 e. The van der Waals surface area contributed by atoms with E-state index in [0.29, 0.717) is 17.1 Å². The standard InChI is InChI=1S/C25H23BrN4O2.ClH/c26-20-9-3-1-7-18(20)24(31)28-21-10-4-2-8-19(21)25-29-23-17(6-5-11-22(23)32-25)16-30-14-12-27-13-15-30;/h1-11,27H,12-16H2,(H,28,31);1H. The average Bonchev–Trinajstić information content (AvgIpc) is 3.26. The minimum Gasteiger partial charge on any atom is -0.436 e. The predicted molar refractivity (Wildman–Crippen MR) is 137 cm³/mol. The third kappa shape index (κ3) is 5.12. The SMILES string of the molecule is Cl.O=C(Nc1ccccc1-c1nc2c(CN3CCNCC3)cccc2o1)c1ccccc1Br. The Hall–Kier alpha value is -2.71. The summed E-state index contributed by atoms with van der Waals surface area (Å²) in [7, 11) is 0. The highest BCUT2D eigenvalue weighted by Gasteiger charge is 2.18. The van der Waals surface area contributed by atoms with E-state index >= 15 is 0 Å². The highest BCUT2D eigenvalue weighted by Crippen LogP contribution is 2.32. The molecule has 0 aliphatic carbocycles. The number of piperazine rings is 1. The van der Waals surface area contributed by atoms with Gasteiger partial charge in [0.1, 0.15) is 5.52 Å². The van der Waals surface area contributed by atoms with Gasteiger partial charge in [0.15, 0.2) is 5.58 Å². The third-order valence-electron chi connectivity index (χ3n) is 5.63. The van der Waals surface area contributed by atoms with E-state index < -0.39 is 0 Å². The number of halogens is 2. The third-order valence-corrected chi connectivity index (χ3v) is 6.32. The first-order chi connectivity index (χ1) is 15.7. The molecule has 0 spiro atoms. The first-order valence-corrected chi connectivity index (χ1v) is 11.4. The fourth-order valence-electron chi connectivity index (χ4n) is 3.97. The van der Waals surface area contributed by atoms with E-state index in [2.05, 4.69) is 37.5 Å². The monoisotopic (exact) mass is 526 g/mol. The molecule has 5 rings (SSSR count). The van der Waals surface area contributed by atoms with Crippen molar-refractivity contribution in [3.05, 3.63) is 82.3 Å². The van der Waals surface area contributed by atoms with Gasteiger partial charge in [-0.25, -0.2) is 4.98 Å². The van der Waals surface area contributed by atoms with Crippen LogP contribution in [0.4, 0.5) is 5.69 Å². The van der Waals surface area contributed by atoms with Crippen molar-refractivity contribution in [1.29, 1.82) is 0 Å². The lowest BCUT2D eigenvalue weighted by atomic mass is 10.1. The molecule has 0 atom stereocenters. The number of hydrogen-bond acceptors (Lipinski definition) is 5. The number of carbonyl (C=O) groups is 1. The van der Waals surface area contributed by atoms with E-state index in [-0.39, 0.29) is 18.3 Å². The molecule has 0 saturated carbocycles. The molecule has 1 saturated heterocycles. The number of hydrogen-bond donors (Lipinski definition) is 2. The van der Waals surface area contributed by atoms with Crippen LogP contribution in [-0.4, -0.2) is 42.0 Å². The van der Waals surface area contributed by atoms with Crippen molar-refractivity contribution in [3.8, 4) is 11.5 Å². The summed E-state index contributed by atoms with van der Waals surface area (Å²) in [5.74, 6) is 0.302. The number of anilines is 1. The fourth-order valence-corrected chi connectivity index (χ4v) is 4.44. The van der Waals surface area contributed by atoms with Gasteiger partial charge in [0, 0.05) is 37.2 Å². The zero-order valence-electron chi connectivity index (χ0n) is 17.9. The molecular formula is C25H24BrClN4O2. The molecule has 1 amide bonds. The van der Waals surface area contributed by atoms with Crippen LogP contribution >= 0.6 is 28.3 Å². The van der Waals surface area contributed by atoms with Crippen LogP contribution in [0.5, 0.6) is 0 Å². The second kappa shape index (κ2) is 10.5. The number of nitrogens with zero attached hydrogens (tertiary/aromatic N) is 2. The molecule has 170 valence electrons. The molecule has 6 nitrogen and oxygen atoms in total. The van der Waals surface area contributed by atoms with Crippen LogP contribution in [0.3, 0.4) is 0 Å². The number of carbonyl (C=O) groups excluding carboxylic acids is 1. The maximum atomic E-state index is 12.9. The van der Waals surface area contributed by atoms with Gasteiger partial charge in [-0.05, 0) is 51.8 Å². The molecule has 1 aliphatic heterocycles. The van der Waals surface area contributed by atoms with Gasteiger partial charge in [-0.2, -0.15) is 0 Å². The molecular weight excluding hydrogens is 504 g/mol. The predicted octanol–water partition coefficient (Wildman–Crippen LogP) is 5.34. The number of rotatable bonds is 5. The number of para-hydroxylation sites is 2. The summed E-state index contributed by atoms with van der Waals surface area (Å²) in [6, 6.07) is 21.0. The molecule has 33 heavy (non-hydrogen) atoms. The Kier molecular flexibility index (Phi) is 7.45. The van der Waals surface area contributed by atoms with E-state index in [1.54, 1.807) is 6.07 Å². The molecule has 8 heteroatoms. The number of aromatic nitrogens is 1. The summed E-state index contributed by atoms with van der Waals surface area (Å²) < 4.78 is 6.88. The second-order valence-electron chi connectivity index (χ2n) is 7.79. The van der Waals surface area contributed by atoms with Crippen molar-refractivity contribution in [2.75, 3.05) is 31.5 Å². The zero-order chi connectivity index (χ0) is 21.9. The lowest BCUT2D eigenvalue weighted by molar-refractivity contribution is 0.102. The Balaban J connectivity index is 0.00000259. The van der Waals surface area contributed by atoms with Gasteiger partial charge in [-0.3, -0.25) is 9.69 Å². The van der Waals surface area contributed by atoms with Crippen molar-refractivity contribution in [1.82, 2.24) is 15.2 Å². The number of fused-ring (bicyclic) bond motifs is 1. The van der Waals surface area contributed by atoms with Crippen molar-refractivity contribution in [3.63, 3.8) is 0 Å². The molecule has 1 aromatic heterocycles. The van der Waals surface area contributed by atoms with Crippen LogP contribution in [0.25, 0.3) is 22.6 Å². The van der Waals surface area contributed by atoms with E-state index in [1.807, 2.05) is 54.6 Å². The number of nitrogens with one attached hydrogen (secondary N) is 2. The Morgan fingerprint density at radius 3 is 2.61 bits per heavy atom. The Morgan fingerprint density at radius 1 is 1.03 bits per heavy atom. The van der Waals surface area contributed by atoms with Gasteiger partial charge in [0.2, 0.25) is 5.89 Å². The number of amides is 1. The summed E-state index contributed by atoms with van der Waals surface area (Å²) in [4.78, 5) is 20.1. The van der Waals surface area contributed by atoms with Crippen molar-refractivity contribution in [2.45, 2.75) is 6.54 Å². The average molecular weight is 528 g/mol. The maximum absolute atomic E-state index is 12.9. The molecule has 2 heterocycles. The van der Waals surface area contributed by atoms with Gasteiger partial charge in [-0.1, -0.05) is 36.4 Å². The summed E-state index contributed by atoms with van der Waals surface area (Å²) in [6.07, 6.45) is 0. The van der Waals surface area contributed by atoms with E-state index in [9.17, 15) is 4.79 Å². The molecule has 0 radical (unpaired) electrons. The van der Waals surface area contributed by atoms with Gasteiger partial charge in [0.25, 0.3) is 5.91 Å². The van der Waals surface area contributed by atoms with E-state index in [4.69, 9.17) is 9.40 Å². The Labute approximate surface area is 206 Å². The normalized spacial score (nSPS) is 14.1. The molecule has 2 N–H and O–H groups in total. The van der Waals surface area contributed by atoms with E-state index in [0.717, 1.165) is 59.4 Å². The minimum atomic E-state index is -0.194. The fraction of sp³-hybridized carbons (Fsp3) is 0.200. The summed E-state index contributed by atoms with van der Waals surface area (Å²) in [6.45, 7) is 4.89. The first kappa shape index (κ1) is 23.4. The summed E-state index contributed by atoms with van der Waals surface area (Å²) >= 11 is 3.45. The molecule has 3 aromatic carbocycles. The van der Waals surface area contributed by atoms with Crippen LogP contribution in [0.15, 0.2) is 75.6 Å². The lowest BCUT2D eigenvalue weighted by Crippen LogP contribution is -2.42. The quantitative estimate of drug-likeness (QED) is 0.367. The van der Waals surface area contributed by atoms with Crippen molar-refractivity contribution >= 4 is 51.0 Å². The molecule has 0 bridgehead atoms. The van der Waals surface area contributed by atoms with Gasteiger partial charge in [-0.15, -0.1) is 12.4 Å². The highest BCUT2D eigenvalue weighted by atomic mass is 79.9. The minimum absolute atomic E-state index is 0. The molecule has 0 unspecified atom stereocenters. The summed E-state index contributed by atoms with van der Waals surface area (Å²) in [5, 5.41) is 6.39. The van der Waals surface area contributed by atoms with Crippen molar-refractivity contribution in [2.24, 2.45) is 0 Å². The topological polar surface area (TPSA) is 70.4 Å². The highest BCUT2D eigenvalue weighted by molar-refractivity contribution is 9.10. The Bertz CT molecular complexity index is 1270. The molecule has 1 aliphatic rings. The van der Waals surface area contributed by atoms with Crippen LogP contribution < -0.4 is 10.6 Å². The van der Waals surface area contributed by atoms with Crippen LogP contribution in [0.2, 0.25) is 0 Å². The smallest absolute Gasteiger partial charge is 0.256 e. The molecule has 1 fully saturated rings. The van der Waals surface area contributed by atoms with Gasteiger partial charge < -0.3 is 15.1 Å². The zero-order valence-corrected chi connectivity index (χ0v) is 20.3. The number of benzene rings is 3. The van der Waals surface area contributed by atoms with Crippen LogP contribution in [0.1, 0.15) is 15.9 Å². The Morgan fingerprint density at radius 2 is 1.79 bits per heavy atom. The van der Waals surface area contributed by atoms with Crippen LogP contribution in [0, 0.1) is 0 Å². The van der Waals surface area contributed by atoms with Gasteiger partial charge in [0.05, 0.1) is 16.8 Å². The van der Waals surface area contributed by atoms with E-state index in [1.165, 1.54) is 0 Å². The second-order valence-corrected chi connectivity index (χ2v) is 8.64. The van der Waals surface area contributed by atoms with Gasteiger partial charge >= 0.3 is 0 Å². The largest absolute Gasteiger partial charge is 0.436 e. The van der Waals surface area contributed by atoms with Crippen LogP contribution in [-0.2, 0) is 6.54 Å². The number of oxazole rings is 1. The molecule has 4 aromatic rings.